The van der Waals surface area contributed by atoms with Crippen LogP contribution in [0.3, 0.4) is 0 Å². The van der Waals surface area contributed by atoms with Crippen LogP contribution in [0.2, 0.25) is 0 Å². The van der Waals surface area contributed by atoms with Gasteiger partial charge >= 0.3 is 11.8 Å². The van der Waals surface area contributed by atoms with Gasteiger partial charge in [-0.2, -0.15) is 5.10 Å². The largest absolute Gasteiger partial charge is 0.508 e. The molecule has 0 aliphatic rings. The van der Waals surface area contributed by atoms with Gasteiger partial charge in [0.1, 0.15) is 5.75 Å². The van der Waals surface area contributed by atoms with E-state index in [2.05, 4.69) is 5.10 Å². The SMILES string of the molecule is NNC(=O)C(=O)NN=Cc1ccc(O)cc1. The van der Waals surface area contributed by atoms with Crippen LogP contribution in [-0.4, -0.2) is 23.1 Å². The fraction of sp³-hybridized carbons (Fsp3) is 0. The minimum atomic E-state index is -0.983. The number of nitrogens with one attached hydrogen (secondary N) is 2. The Bertz CT molecular complexity index is 413. The number of rotatable bonds is 2. The van der Waals surface area contributed by atoms with Crippen LogP contribution in [0, 0.1) is 0 Å². The third kappa shape index (κ3) is 3.39. The quantitative estimate of drug-likeness (QED) is 0.166. The van der Waals surface area contributed by atoms with Crippen LogP contribution in [0.1, 0.15) is 5.56 Å². The summed E-state index contributed by atoms with van der Waals surface area (Å²) >= 11 is 0. The number of benzene rings is 1. The monoisotopic (exact) mass is 222 g/mol. The molecule has 0 aliphatic carbocycles. The first-order valence-electron chi connectivity index (χ1n) is 4.26. The molecule has 84 valence electrons. The molecule has 0 aromatic heterocycles. The Morgan fingerprint density at radius 1 is 1.25 bits per heavy atom. The van der Waals surface area contributed by atoms with Gasteiger partial charge in [-0.25, -0.2) is 11.3 Å². The van der Waals surface area contributed by atoms with Gasteiger partial charge in [0.25, 0.3) is 0 Å². The Kier molecular flexibility index (Phi) is 3.98. The van der Waals surface area contributed by atoms with E-state index in [0.717, 1.165) is 0 Å². The van der Waals surface area contributed by atoms with Crippen LogP contribution in [0.5, 0.6) is 5.75 Å². The van der Waals surface area contributed by atoms with Crippen molar-refractivity contribution >= 4 is 18.0 Å². The number of carbonyl (C=O) groups is 2. The molecule has 0 fully saturated rings. The van der Waals surface area contributed by atoms with Crippen molar-refractivity contribution in [1.82, 2.24) is 10.9 Å². The highest BCUT2D eigenvalue weighted by molar-refractivity contribution is 6.34. The molecule has 0 bridgehead atoms. The highest BCUT2D eigenvalue weighted by Gasteiger charge is 2.09. The van der Waals surface area contributed by atoms with E-state index in [1.54, 1.807) is 17.6 Å². The normalized spacial score (nSPS) is 10.1. The minimum absolute atomic E-state index is 0.128. The van der Waals surface area contributed by atoms with Gasteiger partial charge in [-0.15, -0.1) is 0 Å². The van der Waals surface area contributed by atoms with Crippen LogP contribution in [-0.2, 0) is 9.59 Å². The molecule has 1 aromatic carbocycles. The van der Waals surface area contributed by atoms with Gasteiger partial charge in [0.2, 0.25) is 0 Å². The van der Waals surface area contributed by atoms with Crippen LogP contribution in [0.15, 0.2) is 29.4 Å². The fourth-order valence-electron chi connectivity index (χ4n) is 0.842. The number of hydrogen-bond donors (Lipinski definition) is 4. The van der Waals surface area contributed by atoms with E-state index >= 15 is 0 Å². The fourth-order valence-corrected chi connectivity index (χ4v) is 0.842. The Morgan fingerprint density at radius 2 is 1.88 bits per heavy atom. The zero-order valence-electron chi connectivity index (χ0n) is 8.18. The van der Waals surface area contributed by atoms with E-state index in [4.69, 9.17) is 10.9 Å². The number of aromatic hydroxyl groups is 1. The lowest BCUT2D eigenvalue weighted by atomic mass is 10.2. The van der Waals surface area contributed by atoms with E-state index in [1.807, 2.05) is 5.43 Å². The molecule has 0 aliphatic heterocycles. The average Bonchev–Trinajstić information content (AvgIpc) is 2.30. The third-order valence-corrected chi connectivity index (χ3v) is 1.61. The average molecular weight is 222 g/mol. The molecule has 0 unspecified atom stereocenters. The van der Waals surface area contributed by atoms with Crippen LogP contribution in [0.4, 0.5) is 0 Å². The molecular weight excluding hydrogens is 212 g/mol. The lowest BCUT2D eigenvalue weighted by Crippen LogP contribution is -2.41. The number of phenols is 1. The van der Waals surface area contributed by atoms with E-state index in [1.165, 1.54) is 18.3 Å². The second-order valence-corrected chi connectivity index (χ2v) is 2.76. The number of hydrazine groups is 1. The summed E-state index contributed by atoms with van der Waals surface area (Å²) in [6.45, 7) is 0. The summed E-state index contributed by atoms with van der Waals surface area (Å²) in [5.74, 6) is 2.92. The second kappa shape index (κ2) is 5.47. The van der Waals surface area contributed by atoms with Crippen molar-refractivity contribution in [2.75, 3.05) is 0 Å². The van der Waals surface area contributed by atoms with Gasteiger partial charge in [0.05, 0.1) is 6.21 Å². The van der Waals surface area contributed by atoms with Gasteiger partial charge in [0.15, 0.2) is 0 Å². The summed E-state index contributed by atoms with van der Waals surface area (Å²) < 4.78 is 0. The molecule has 16 heavy (non-hydrogen) atoms. The van der Waals surface area contributed by atoms with Crippen molar-refractivity contribution in [2.24, 2.45) is 10.9 Å². The minimum Gasteiger partial charge on any atom is -0.508 e. The van der Waals surface area contributed by atoms with E-state index in [0.29, 0.717) is 5.56 Å². The van der Waals surface area contributed by atoms with E-state index in [-0.39, 0.29) is 5.75 Å². The maximum atomic E-state index is 10.9. The van der Waals surface area contributed by atoms with Crippen LogP contribution < -0.4 is 16.7 Å². The Labute approximate surface area is 90.9 Å². The van der Waals surface area contributed by atoms with E-state index in [9.17, 15) is 9.59 Å². The molecule has 0 heterocycles. The number of amides is 2. The Hall–Kier alpha value is -2.41. The summed E-state index contributed by atoms with van der Waals surface area (Å²) in [7, 11) is 0. The van der Waals surface area contributed by atoms with Crippen molar-refractivity contribution in [3.63, 3.8) is 0 Å². The van der Waals surface area contributed by atoms with E-state index < -0.39 is 11.8 Å². The number of phenolic OH excluding ortho intramolecular Hbond substituents is 1. The zero-order chi connectivity index (χ0) is 12.0. The molecule has 2 amide bonds. The maximum Gasteiger partial charge on any atom is 0.330 e. The summed E-state index contributed by atoms with van der Waals surface area (Å²) in [5, 5.41) is 12.5. The van der Waals surface area contributed by atoms with Crippen molar-refractivity contribution in [3.05, 3.63) is 29.8 Å². The van der Waals surface area contributed by atoms with Crippen LogP contribution >= 0.6 is 0 Å². The lowest BCUT2D eigenvalue weighted by Gasteiger charge is -1.97. The topological polar surface area (TPSA) is 117 Å². The molecule has 7 heteroatoms. The summed E-state index contributed by atoms with van der Waals surface area (Å²) in [4.78, 5) is 21.5. The van der Waals surface area contributed by atoms with Crippen LogP contribution in [0.25, 0.3) is 0 Å². The van der Waals surface area contributed by atoms with Crippen molar-refractivity contribution in [2.45, 2.75) is 0 Å². The lowest BCUT2D eigenvalue weighted by molar-refractivity contribution is -0.139. The first-order valence-corrected chi connectivity index (χ1v) is 4.26. The molecule has 0 saturated carbocycles. The van der Waals surface area contributed by atoms with Crippen molar-refractivity contribution in [1.29, 1.82) is 0 Å². The second-order valence-electron chi connectivity index (χ2n) is 2.76. The first-order chi connectivity index (χ1) is 7.63. The van der Waals surface area contributed by atoms with Gasteiger partial charge < -0.3 is 5.11 Å². The molecule has 7 nitrogen and oxygen atoms in total. The summed E-state index contributed by atoms with van der Waals surface area (Å²) in [6, 6.07) is 6.12. The Morgan fingerprint density at radius 3 is 2.44 bits per heavy atom. The molecular formula is C9H10N4O3. The third-order valence-electron chi connectivity index (χ3n) is 1.61. The Balaban J connectivity index is 2.52. The molecule has 0 saturated heterocycles. The highest BCUT2D eigenvalue weighted by atomic mass is 16.3. The summed E-state index contributed by atoms with van der Waals surface area (Å²) in [6.07, 6.45) is 1.32. The molecule has 0 spiro atoms. The number of hydrazone groups is 1. The van der Waals surface area contributed by atoms with Crippen molar-refractivity contribution < 1.29 is 14.7 Å². The van der Waals surface area contributed by atoms with Crippen molar-refractivity contribution in [3.8, 4) is 5.75 Å². The smallest absolute Gasteiger partial charge is 0.330 e. The number of nitrogens with zero attached hydrogens (tertiary/aromatic N) is 1. The van der Waals surface area contributed by atoms with Gasteiger partial charge in [-0.1, -0.05) is 0 Å². The first kappa shape index (κ1) is 11.7. The maximum absolute atomic E-state index is 10.9. The zero-order valence-corrected chi connectivity index (χ0v) is 8.18. The highest BCUT2D eigenvalue weighted by Crippen LogP contribution is 2.07. The van der Waals surface area contributed by atoms with Gasteiger partial charge in [-0.05, 0) is 29.8 Å². The molecule has 5 N–H and O–H groups in total. The number of nitrogens with two attached hydrogens (primary N) is 1. The van der Waals surface area contributed by atoms with Gasteiger partial charge in [-0.3, -0.25) is 15.0 Å². The number of carbonyl (C=O) groups excluding carboxylic acids is 2. The van der Waals surface area contributed by atoms with Gasteiger partial charge in [0, 0.05) is 0 Å². The predicted octanol–water partition coefficient (Wildman–Crippen LogP) is -1.17. The predicted molar refractivity (Wildman–Crippen MR) is 56.2 cm³/mol. The number of hydrogen-bond acceptors (Lipinski definition) is 5. The molecule has 1 rings (SSSR count). The summed E-state index contributed by atoms with van der Waals surface area (Å²) in [5.41, 5.74) is 4.29. The molecule has 1 aromatic rings. The standard InChI is InChI=1S/C9H10N4O3/c10-12-8(15)9(16)13-11-5-6-1-3-7(14)4-2-6/h1-5,14H,10H2,(H,12,15)(H,13,16). The molecule has 0 radical (unpaired) electrons. The molecule has 0 atom stereocenters.